The number of halogens is 1. The summed E-state index contributed by atoms with van der Waals surface area (Å²) >= 11 is 4.72. The Morgan fingerprint density at radius 2 is 1.96 bits per heavy atom. The van der Waals surface area contributed by atoms with Gasteiger partial charge in [-0.15, -0.1) is 11.8 Å². The number of benzene rings is 1. The molecule has 1 aromatic heterocycles. The Bertz CT molecular complexity index is 853. The Kier molecular flexibility index (Phi) is 6.02. The third-order valence-electron chi connectivity index (χ3n) is 3.16. The van der Waals surface area contributed by atoms with Gasteiger partial charge in [-0.1, -0.05) is 0 Å². The van der Waals surface area contributed by atoms with Crippen LogP contribution in [0.25, 0.3) is 0 Å². The van der Waals surface area contributed by atoms with E-state index in [9.17, 15) is 13.2 Å². The average molecular weight is 430 g/mol. The van der Waals surface area contributed by atoms with Gasteiger partial charge in [0.05, 0.1) is 21.8 Å². The SMILES string of the molecule is CSc1ccc(NC(=O)c2ccc(Br)c(S(=O)(=O)N(C)C)c2)cn1. The summed E-state index contributed by atoms with van der Waals surface area (Å²) < 4.78 is 26.1. The Balaban J connectivity index is 2.30. The minimum atomic E-state index is -3.65. The van der Waals surface area contributed by atoms with Gasteiger partial charge in [0, 0.05) is 24.1 Å². The number of rotatable bonds is 5. The molecule has 24 heavy (non-hydrogen) atoms. The molecular weight excluding hydrogens is 414 g/mol. The first-order chi connectivity index (χ1) is 11.3. The van der Waals surface area contributed by atoms with Gasteiger partial charge >= 0.3 is 0 Å². The molecule has 0 spiro atoms. The van der Waals surface area contributed by atoms with Crippen molar-refractivity contribution in [2.75, 3.05) is 25.7 Å². The van der Waals surface area contributed by atoms with Gasteiger partial charge in [0.2, 0.25) is 10.0 Å². The number of carbonyl (C=O) groups is 1. The zero-order chi connectivity index (χ0) is 17.9. The summed E-state index contributed by atoms with van der Waals surface area (Å²) in [5.74, 6) is -0.406. The Hall–Kier alpha value is -1.42. The van der Waals surface area contributed by atoms with Gasteiger partial charge in [0.1, 0.15) is 0 Å². The van der Waals surface area contributed by atoms with E-state index in [0.717, 1.165) is 9.33 Å². The highest BCUT2D eigenvalue weighted by atomic mass is 79.9. The number of anilines is 1. The summed E-state index contributed by atoms with van der Waals surface area (Å²) in [5.41, 5.74) is 0.783. The molecule has 1 heterocycles. The van der Waals surface area contributed by atoms with Crippen molar-refractivity contribution < 1.29 is 13.2 Å². The smallest absolute Gasteiger partial charge is 0.255 e. The number of nitrogens with zero attached hydrogens (tertiary/aromatic N) is 2. The molecule has 1 aromatic carbocycles. The summed E-state index contributed by atoms with van der Waals surface area (Å²) in [4.78, 5) is 16.6. The Morgan fingerprint density at radius 1 is 1.25 bits per heavy atom. The van der Waals surface area contributed by atoms with E-state index in [1.54, 1.807) is 30.5 Å². The lowest BCUT2D eigenvalue weighted by Crippen LogP contribution is -2.23. The molecule has 1 N–H and O–H groups in total. The van der Waals surface area contributed by atoms with Gasteiger partial charge in [-0.05, 0) is 52.5 Å². The molecule has 0 bridgehead atoms. The normalized spacial score (nSPS) is 11.5. The predicted molar refractivity (Wildman–Crippen MR) is 99.0 cm³/mol. The third-order valence-corrected chi connectivity index (χ3v) is 6.62. The second-order valence-corrected chi connectivity index (χ2v) is 8.78. The van der Waals surface area contributed by atoms with Gasteiger partial charge in [-0.2, -0.15) is 0 Å². The summed E-state index contributed by atoms with van der Waals surface area (Å²) in [6, 6.07) is 7.98. The van der Waals surface area contributed by atoms with Crippen LogP contribution in [0.3, 0.4) is 0 Å². The molecule has 6 nitrogen and oxygen atoms in total. The fourth-order valence-corrected chi connectivity index (χ4v) is 4.02. The zero-order valence-electron chi connectivity index (χ0n) is 13.3. The van der Waals surface area contributed by atoms with Crippen molar-refractivity contribution in [3.05, 3.63) is 46.6 Å². The second kappa shape index (κ2) is 7.64. The van der Waals surface area contributed by atoms with Gasteiger partial charge in [0.15, 0.2) is 0 Å². The second-order valence-electron chi connectivity index (χ2n) is 4.98. The van der Waals surface area contributed by atoms with Crippen LogP contribution in [0.2, 0.25) is 0 Å². The monoisotopic (exact) mass is 429 g/mol. The van der Waals surface area contributed by atoms with Gasteiger partial charge in [-0.25, -0.2) is 17.7 Å². The molecule has 0 aliphatic carbocycles. The van der Waals surface area contributed by atoms with Crippen molar-refractivity contribution in [2.24, 2.45) is 0 Å². The molecule has 128 valence electrons. The lowest BCUT2D eigenvalue weighted by molar-refractivity contribution is 0.102. The Morgan fingerprint density at radius 3 is 2.50 bits per heavy atom. The van der Waals surface area contributed by atoms with Crippen LogP contribution in [-0.4, -0.2) is 44.0 Å². The van der Waals surface area contributed by atoms with Crippen LogP contribution < -0.4 is 5.32 Å². The number of hydrogen-bond acceptors (Lipinski definition) is 5. The summed E-state index contributed by atoms with van der Waals surface area (Å²) in [6.07, 6.45) is 3.47. The van der Waals surface area contributed by atoms with E-state index in [1.807, 2.05) is 6.26 Å². The molecule has 0 aliphatic rings. The minimum absolute atomic E-state index is 0.0380. The number of carbonyl (C=O) groups excluding carboxylic acids is 1. The van der Waals surface area contributed by atoms with Crippen LogP contribution in [-0.2, 0) is 10.0 Å². The number of nitrogens with one attached hydrogen (secondary N) is 1. The third kappa shape index (κ3) is 4.15. The fraction of sp³-hybridized carbons (Fsp3) is 0.200. The van der Waals surface area contributed by atoms with Crippen molar-refractivity contribution in [2.45, 2.75) is 9.92 Å². The number of amides is 1. The number of aromatic nitrogens is 1. The lowest BCUT2D eigenvalue weighted by atomic mass is 10.2. The number of hydrogen-bond donors (Lipinski definition) is 1. The molecule has 0 radical (unpaired) electrons. The highest BCUT2D eigenvalue weighted by Crippen LogP contribution is 2.25. The van der Waals surface area contributed by atoms with Crippen LogP contribution in [0.4, 0.5) is 5.69 Å². The maximum atomic E-state index is 12.4. The first-order valence-corrected chi connectivity index (χ1v) is 10.2. The van der Waals surface area contributed by atoms with E-state index in [1.165, 1.54) is 31.9 Å². The van der Waals surface area contributed by atoms with Gasteiger partial charge in [-0.3, -0.25) is 4.79 Å². The van der Waals surface area contributed by atoms with Crippen molar-refractivity contribution in [1.82, 2.24) is 9.29 Å². The number of thioether (sulfide) groups is 1. The standard InChI is InChI=1S/C15H16BrN3O3S2/c1-19(2)24(21,22)13-8-10(4-6-12(13)16)15(20)18-11-5-7-14(23-3)17-9-11/h4-9H,1-3H3,(H,18,20). The topological polar surface area (TPSA) is 79.4 Å². The fourth-order valence-electron chi connectivity index (χ4n) is 1.82. The van der Waals surface area contributed by atoms with Crippen LogP contribution >= 0.6 is 27.7 Å². The molecule has 0 aliphatic heterocycles. The van der Waals surface area contributed by atoms with E-state index in [2.05, 4.69) is 26.2 Å². The van der Waals surface area contributed by atoms with E-state index in [-0.39, 0.29) is 10.5 Å². The first kappa shape index (κ1) is 18.9. The van der Waals surface area contributed by atoms with Crippen molar-refractivity contribution >= 4 is 49.3 Å². The lowest BCUT2D eigenvalue weighted by Gasteiger charge is -2.14. The van der Waals surface area contributed by atoms with Crippen molar-refractivity contribution in [1.29, 1.82) is 0 Å². The molecule has 1 amide bonds. The van der Waals surface area contributed by atoms with E-state index in [4.69, 9.17) is 0 Å². The summed E-state index contributed by atoms with van der Waals surface area (Å²) in [5, 5.41) is 3.55. The first-order valence-electron chi connectivity index (χ1n) is 6.79. The highest BCUT2D eigenvalue weighted by Gasteiger charge is 2.22. The van der Waals surface area contributed by atoms with E-state index in [0.29, 0.717) is 10.2 Å². The molecule has 2 aromatic rings. The molecule has 0 saturated carbocycles. The van der Waals surface area contributed by atoms with E-state index >= 15 is 0 Å². The highest BCUT2D eigenvalue weighted by molar-refractivity contribution is 9.10. The number of sulfonamides is 1. The average Bonchev–Trinajstić information content (AvgIpc) is 2.55. The van der Waals surface area contributed by atoms with Gasteiger partial charge < -0.3 is 5.32 Å². The molecule has 0 atom stereocenters. The molecule has 9 heteroatoms. The van der Waals surface area contributed by atoms with E-state index < -0.39 is 15.9 Å². The van der Waals surface area contributed by atoms with Crippen LogP contribution in [0, 0.1) is 0 Å². The largest absolute Gasteiger partial charge is 0.321 e. The molecule has 0 saturated heterocycles. The van der Waals surface area contributed by atoms with Crippen LogP contribution in [0.1, 0.15) is 10.4 Å². The zero-order valence-corrected chi connectivity index (χ0v) is 16.5. The molecular formula is C15H16BrN3O3S2. The van der Waals surface area contributed by atoms with Crippen LogP contribution in [0.15, 0.2) is 50.9 Å². The quantitative estimate of drug-likeness (QED) is 0.738. The maximum Gasteiger partial charge on any atom is 0.255 e. The van der Waals surface area contributed by atoms with Crippen molar-refractivity contribution in [3.8, 4) is 0 Å². The van der Waals surface area contributed by atoms with Crippen molar-refractivity contribution in [3.63, 3.8) is 0 Å². The predicted octanol–water partition coefficient (Wildman–Crippen LogP) is 3.07. The molecule has 2 rings (SSSR count). The number of pyridine rings is 1. The molecule has 0 unspecified atom stereocenters. The minimum Gasteiger partial charge on any atom is -0.321 e. The van der Waals surface area contributed by atoms with Crippen LogP contribution in [0.5, 0.6) is 0 Å². The van der Waals surface area contributed by atoms with Gasteiger partial charge in [0.25, 0.3) is 5.91 Å². The summed E-state index contributed by atoms with van der Waals surface area (Å²) in [6.45, 7) is 0. The maximum absolute atomic E-state index is 12.4. The molecule has 0 fully saturated rings. The Labute approximate surface area is 153 Å². The summed E-state index contributed by atoms with van der Waals surface area (Å²) in [7, 11) is -0.778.